The number of benzene rings is 1. The minimum Gasteiger partial charge on any atom is -0.296 e. The SMILES string of the molecule is CC(=O)NC(=O)Cc1nc2ccccc2s1. The van der Waals surface area contributed by atoms with Gasteiger partial charge in [0.2, 0.25) is 11.8 Å². The first-order valence-electron chi connectivity index (χ1n) is 4.80. The summed E-state index contributed by atoms with van der Waals surface area (Å²) in [6, 6.07) is 7.69. The maximum atomic E-state index is 11.3. The van der Waals surface area contributed by atoms with Gasteiger partial charge in [-0.2, -0.15) is 0 Å². The number of hydrogen-bond donors (Lipinski definition) is 1. The third-order valence-corrected chi connectivity index (χ3v) is 3.00. The number of nitrogens with one attached hydrogen (secondary N) is 1. The number of aromatic nitrogens is 1. The summed E-state index contributed by atoms with van der Waals surface area (Å²) >= 11 is 1.47. The molecule has 0 radical (unpaired) electrons. The third kappa shape index (κ3) is 2.43. The second-order valence-electron chi connectivity index (χ2n) is 3.36. The normalized spacial score (nSPS) is 10.3. The fourth-order valence-electron chi connectivity index (χ4n) is 1.37. The van der Waals surface area contributed by atoms with Crippen LogP contribution in [0, 0.1) is 0 Å². The van der Waals surface area contributed by atoms with Gasteiger partial charge in [0.1, 0.15) is 5.01 Å². The van der Waals surface area contributed by atoms with Crippen LogP contribution in [0.2, 0.25) is 0 Å². The lowest BCUT2D eigenvalue weighted by Crippen LogP contribution is -2.29. The molecule has 82 valence electrons. The minimum atomic E-state index is -0.342. The van der Waals surface area contributed by atoms with E-state index in [1.807, 2.05) is 24.3 Å². The van der Waals surface area contributed by atoms with Crippen LogP contribution in [0.25, 0.3) is 10.2 Å². The van der Waals surface area contributed by atoms with E-state index in [1.165, 1.54) is 18.3 Å². The van der Waals surface area contributed by atoms with Gasteiger partial charge in [-0.05, 0) is 12.1 Å². The molecule has 1 aromatic carbocycles. The zero-order chi connectivity index (χ0) is 11.5. The predicted molar refractivity (Wildman–Crippen MR) is 62.1 cm³/mol. The molecule has 1 heterocycles. The van der Waals surface area contributed by atoms with Crippen LogP contribution < -0.4 is 5.32 Å². The van der Waals surface area contributed by atoms with Crippen molar-refractivity contribution in [2.75, 3.05) is 0 Å². The Labute approximate surface area is 96.3 Å². The molecule has 2 rings (SSSR count). The Morgan fingerprint density at radius 1 is 1.38 bits per heavy atom. The highest BCUT2D eigenvalue weighted by Crippen LogP contribution is 2.21. The van der Waals surface area contributed by atoms with Crippen molar-refractivity contribution in [2.24, 2.45) is 0 Å². The average Bonchev–Trinajstić information content (AvgIpc) is 2.57. The summed E-state index contributed by atoms with van der Waals surface area (Å²) in [5.41, 5.74) is 0.887. The largest absolute Gasteiger partial charge is 0.296 e. The van der Waals surface area contributed by atoms with Crippen LogP contribution in [0.15, 0.2) is 24.3 Å². The van der Waals surface area contributed by atoms with Crippen LogP contribution in [0.1, 0.15) is 11.9 Å². The summed E-state index contributed by atoms with van der Waals surface area (Å²) in [6.45, 7) is 1.32. The monoisotopic (exact) mass is 234 g/mol. The zero-order valence-corrected chi connectivity index (χ0v) is 9.50. The number of carbonyl (C=O) groups excluding carboxylic acids is 2. The number of carbonyl (C=O) groups is 2. The molecule has 0 aliphatic carbocycles. The van der Waals surface area contributed by atoms with E-state index < -0.39 is 0 Å². The fourth-order valence-corrected chi connectivity index (χ4v) is 2.34. The van der Waals surface area contributed by atoms with Gasteiger partial charge in [-0.1, -0.05) is 12.1 Å². The summed E-state index contributed by atoms with van der Waals surface area (Å²) in [7, 11) is 0. The zero-order valence-electron chi connectivity index (χ0n) is 8.69. The van der Waals surface area contributed by atoms with Gasteiger partial charge < -0.3 is 0 Å². The molecule has 16 heavy (non-hydrogen) atoms. The number of fused-ring (bicyclic) bond motifs is 1. The molecule has 1 N–H and O–H groups in total. The lowest BCUT2D eigenvalue weighted by atomic mass is 10.3. The Bertz CT molecular complexity index is 515. The number of amides is 2. The van der Waals surface area contributed by atoms with Crippen LogP contribution >= 0.6 is 11.3 Å². The lowest BCUT2D eigenvalue weighted by molar-refractivity contribution is -0.128. The number of hydrogen-bond acceptors (Lipinski definition) is 4. The van der Waals surface area contributed by atoms with Crippen molar-refractivity contribution in [3.63, 3.8) is 0 Å². The predicted octanol–water partition coefficient (Wildman–Crippen LogP) is 1.50. The number of para-hydroxylation sites is 1. The van der Waals surface area contributed by atoms with E-state index in [9.17, 15) is 9.59 Å². The number of imide groups is 1. The highest BCUT2D eigenvalue weighted by molar-refractivity contribution is 7.18. The van der Waals surface area contributed by atoms with E-state index >= 15 is 0 Å². The van der Waals surface area contributed by atoms with Crippen molar-refractivity contribution in [3.8, 4) is 0 Å². The van der Waals surface area contributed by atoms with Crippen molar-refractivity contribution < 1.29 is 9.59 Å². The maximum absolute atomic E-state index is 11.3. The summed E-state index contributed by atoms with van der Waals surface area (Å²) in [6.07, 6.45) is 0.152. The molecule has 0 bridgehead atoms. The Morgan fingerprint density at radius 3 is 2.81 bits per heavy atom. The van der Waals surface area contributed by atoms with Crippen LogP contribution in [0.3, 0.4) is 0 Å². The average molecular weight is 234 g/mol. The van der Waals surface area contributed by atoms with E-state index in [0.29, 0.717) is 0 Å². The van der Waals surface area contributed by atoms with E-state index in [4.69, 9.17) is 0 Å². The Kier molecular flexibility index (Phi) is 2.96. The van der Waals surface area contributed by atoms with Crippen molar-refractivity contribution in [1.82, 2.24) is 10.3 Å². The molecule has 0 spiro atoms. The molecule has 4 nitrogen and oxygen atoms in total. The second kappa shape index (κ2) is 4.40. The molecule has 5 heteroatoms. The Balaban J connectivity index is 2.15. The topological polar surface area (TPSA) is 59.1 Å². The lowest BCUT2D eigenvalue weighted by Gasteiger charge is -1.96. The molecule has 0 atom stereocenters. The third-order valence-electron chi connectivity index (χ3n) is 1.97. The quantitative estimate of drug-likeness (QED) is 0.856. The highest BCUT2D eigenvalue weighted by atomic mass is 32.1. The van der Waals surface area contributed by atoms with Gasteiger partial charge in [-0.25, -0.2) is 4.98 Å². The van der Waals surface area contributed by atoms with E-state index in [1.54, 1.807) is 0 Å². The molecule has 0 saturated carbocycles. The van der Waals surface area contributed by atoms with Crippen molar-refractivity contribution in [1.29, 1.82) is 0 Å². The fraction of sp³-hybridized carbons (Fsp3) is 0.182. The van der Waals surface area contributed by atoms with Gasteiger partial charge >= 0.3 is 0 Å². The number of rotatable bonds is 2. The summed E-state index contributed by atoms with van der Waals surface area (Å²) < 4.78 is 1.05. The second-order valence-corrected chi connectivity index (χ2v) is 4.47. The van der Waals surface area contributed by atoms with Crippen LogP contribution in [0.4, 0.5) is 0 Å². The first kappa shape index (κ1) is 10.8. The molecule has 2 amide bonds. The molecule has 1 aromatic heterocycles. The first-order chi connectivity index (χ1) is 7.65. The van der Waals surface area contributed by atoms with Gasteiger partial charge in [0.25, 0.3) is 0 Å². The van der Waals surface area contributed by atoms with Gasteiger partial charge in [-0.15, -0.1) is 11.3 Å². The molecule has 0 fully saturated rings. The number of nitrogens with zero attached hydrogens (tertiary/aromatic N) is 1. The van der Waals surface area contributed by atoms with Gasteiger partial charge in [0.05, 0.1) is 16.6 Å². The molecular formula is C11H10N2O2S. The van der Waals surface area contributed by atoms with Gasteiger partial charge in [-0.3, -0.25) is 14.9 Å². The summed E-state index contributed by atoms with van der Waals surface area (Å²) in [5.74, 6) is -0.655. The van der Waals surface area contributed by atoms with E-state index in [2.05, 4.69) is 10.3 Å². The molecule has 0 saturated heterocycles. The molecule has 0 aliphatic heterocycles. The molecular weight excluding hydrogens is 224 g/mol. The van der Waals surface area contributed by atoms with Gasteiger partial charge in [0, 0.05) is 6.92 Å². The smallest absolute Gasteiger partial charge is 0.233 e. The summed E-state index contributed by atoms with van der Waals surface area (Å²) in [5, 5.41) is 2.95. The van der Waals surface area contributed by atoms with E-state index in [-0.39, 0.29) is 18.2 Å². The van der Waals surface area contributed by atoms with Crippen LogP contribution in [0.5, 0.6) is 0 Å². The Morgan fingerprint density at radius 2 is 2.12 bits per heavy atom. The standard InChI is InChI=1S/C11H10N2O2S/c1-7(14)12-10(15)6-11-13-8-4-2-3-5-9(8)16-11/h2-5H,6H2,1H3,(H,12,14,15). The highest BCUT2D eigenvalue weighted by Gasteiger charge is 2.09. The van der Waals surface area contributed by atoms with Crippen molar-refractivity contribution >= 4 is 33.4 Å². The molecule has 0 aliphatic rings. The van der Waals surface area contributed by atoms with Crippen molar-refractivity contribution in [3.05, 3.63) is 29.3 Å². The molecule has 2 aromatic rings. The van der Waals surface area contributed by atoms with E-state index in [0.717, 1.165) is 15.2 Å². The summed E-state index contributed by atoms with van der Waals surface area (Å²) in [4.78, 5) is 26.3. The maximum Gasteiger partial charge on any atom is 0.233 e. The van der Waals surface area contributed by atoms with Crippen LogP contribution in [-0.2, 0) is 16.0 Å². The van der Waals surface area contributed by atoms with Crippen LogP contribution in [-0.4, -0.2) is 16.8 Å². The van der Waals surface area contributed by atoms with Gasteiger partial charge in [0.15, 0.2) is 0 Å². The first-order valence-corrected chi connectivity index (χ1v) is 5.61. The minimum absolute atomic E-state index is 0.152. The van der Waals surface area contributed by atoms with Crippen molar-refractivity contribution in [2.45, 2.75) is 13.3 Å². The molecule has 0 unspecified atom stereocenters. The number of thiazole rings is 1. The Hall–Kier alpha value is -1.75.